The average molecular weight is 340 g/mol. The number of carboxylic acid groups (broad SMARTS) is 1. The molecule has 0 atom stereocenters. The maximum atomic E-state index is 12.9. The summed E-state index contributed by atoms with van der Waals surface area (Å²) in [5, 5.41) is 25.8. The number of carboxylic acids is 1. The van der Waals surface area contributed by atoms with Gasteiger partial charge in [0.25, 0.3) is 0 Å². The Hall–Kier alpha value is -2.53. The maximum absolute atomic E-state index is 12.9. The Labute approximate surface area is 122 Å². The predicted octanol–water partition coefficient (Wildman–Crippen LogP) is 3.54. The molecule has 1 aromatic heterocycles. The summed E-state index contributed by atoms with van der Waals surface area (Å²) in [4.78, 5) is 8.62. The summed E-state index contributed by atoms with van der Waals surface area (Å²) in [6, 6.07) is 2.35. The van der Waals surface area contributed by atoms with E-state index >= 15 is 0 Å². The molecule has 0 amide bonds. The van der Waals surface area contributed by atoms with Crippen LogP contribution in [0.25, 0.3) is 6.08 Å². The van der Waals surface area contributed by atoms with Crippen LogP contribution in [0.4, 0.5) is 26.3 Å². The van der Waals surface area contributed by atoms with Gasteiger partial charge in [0.05, 0.1) is 11.1 Å². The van der Waals surface area contributed by atoms with Gasteiger partial charge in [0.15, 0.2) is 0 Å². The van der Waals surface area contributed by atoms with Gasteiger partial charge in [0.1, 0.15) is 22.6 Å². The third kappa shape index (κ3) is 3.38. The first-order valence-corrected chi connectivity index (χ1v) is 5.81. The fraction of sp³-hybridized carbons (Fsp3) is 0.182. The third-order valence-corrected chi connectivity index (χ3v) is 3.28. The Morgan fingerprint density at radius 2 is 1.68 bits per heavy atom. The van der Waals surface area contributed by atoms with Crippen LogP contribution in [0.15, 0.2) is 5.57 Å². The van der Waals surface area contributed by atoms with Gasteiger partial charge in [-0.3, -0.25) is 0 Å². The summed E-state index contributed by atoms with van der Waals surface area (Å²) in [6.45, 7) is 0. The molecule has 22 heavy (non-hydrogen) atoms. The Morgan fingerprint density at radius 1 is 1.14 bits per heavy atom. The van der Waals surface area contributed by atoms with E-state index in [1.807, 2.05) is 0 Å². The Balaban J connectivity index is 3.76. The number of nitriles is 2. The number of carbonyl (C=O) groups is 1. The van der Waals surface area contributed by atoms with Gasteiger partial charge in [-0.25, -0.2) is 4.79 Å². The second kappa shape index (κ2) is 5.69. The minimum atomic E-state index is -5.40. The molecule has 0 fully saturated rings. The number of alkyl halides is 6. The van der Waals surface area contributed by atoms with Gasteiger partial charge in [-0.2, -0.15) is 36.9 Å². The lowest BCUT2D eigenvalue weighted by Crippen LogP contribution is -2.19. The van der Waals surface area contributed by atoms with E-state index in [1.165, 1.54) is 6.07 Å². The number of hydrogen-bond donors (Lipinski definition) is 1. The molecule has 0 aliphatic heterocycles. The number of nitrogens with zero attached hydrogens (tertiary/aromatic N) is 2. The van der Waals surface area contributed by atoms with Crippen molar-refractivity contribution < 1.29 is 36.2 Å². The number of halogens is 6. The number of hydrogen-bond acceptors (Lipinski definition) is 4. The molecule has 1 aromatic rings. The van der Waals surface area contributed by atoms with Crippen molar-refractivity contribution in [3.05, 3.63) is 26.5 Å². The minimum absolute atomic E-state index is 0.0439. The molecule has 0 aliphatic carbocycles. The molecular weight excluding hydrogens is 338 g/mol. The van der Waals surface area contributed by atoms with Crippen LogP contribution in [0, 0.1) is 22.7 Å². The monoisotopic (exact) mass is 340 g/mol. The summed E-state index contributed by atoms with van der Waals surface area (Å²) in [5.74, 6) is -2.48. The van der Waals surface area contributed by atoms with Gasteiger partial charge in [0.2, 0.25) is 0 Å². The van der Waals surface area contributed by atoms with E-state index in [1.54, 1.807) is 0 Å². The molecule has 0 spiro atoms. The van der Waals surface area contributed by atoms with Crippen LogP contribution in [0.1, 0.15) is 20.9 Å². The molecule has 0 aliphatic rings. The van der Waals surface area contributed by atoms with Gasteiger partial charge < -0.3 is 5.11 Å². The van der Waals surface area contributed by atoms with Crippen molar-refractivity contribution in [1.82, 2.24) is 0 Å². The van der Waals surface area contributed by atoms with Crippen molar-refractivity contribution in [3.8, 4) is 12.1 Å². The van der Waals surface area contributed by atoms with Crippen molar-refractivity contribution in [2.45, 2.75) is 12.4 Å². The zero-order chi connectivity index (χ0) is 17.3. The average Bonchev–Trinajstić information content (AvgIpc) is 2.71. The van der Waals surface area contributed by atoms with Gasteiger partial charge in [-0.15, -0.1) is 11.3 Å². The zero-order valence-corrected chi connectivity index (χ0v) is 10.8. The second-order valence-electron chi connectivity index (χ2n) is 3.63. The van der Waals surface area contributed by atoms with Crippen molar-refractivity contribution >= 4 is 23.4 Å². The first-order chi connectivity index (χ1) is 9.93. The van der Waals surface area contributed by atoms with Crippen LogP contribution in [-0.2, 0) is 11.0 Å². The molecule has 0 radical (unpaired) electrons. The standard InChI is InChI=1S/C11H2F6N2O2S/c12-10(13,14)5(9(20)21)1-6-8(11(15,16)17)4(2-18)7(3-19)22-6/h1H,(H,20,21). The van der Waals surface area contributed by atoms with Crippen LogP contribution in [0.2, 0.25) is 0 Å². The van der Waals surface area contributed by atoms with Crippen LogP contribution >= 0.6 is 11.3 Å². The molecule has 0 bridgehead atoms. The summed E-state index contributed by atoms with van der Waals surface area (Å²) in [7, 11) is 0. The van der Waals surface area contributed by atoms with Crippen LogP contribution in [0.5, 0.6) is 0 Å². The molecule has 1 rings (SSSR count). The van der Waals surface area contributed by atoms with Crippen molar-refractivity contribution in [3.63, 3.8) is 0 Å². The number of aliphatic carboxylic acids is 1. The minimum Gasteiger partial charge on any atom is -0.478 e. The van der Waals surface area contributed by atoms with E-state index in [9.17, 15) is 31.1 Å². The first kappa shape index (κ1) is 17.5. The van der Waals surface area contributed by atoms with Crippen molar-refractivity contribution in [1.29, 1.82) is 10.5 Å². The highest BCUT2D eigenvalue weighted by molar-refractivity contribution is 7.13. The number of rotatable bonds is 2. The number of thiophene rings is 1. The molecule has 0 saturated carbocycles. The fourth-order valence-corrected chi connectivity index (χ4v) is 2.43. The summed E-state index contributed by atoms with van der Waals surface area (Å²) >= 11 is -0.0439. The van der Waals surface area contributed by atoms with E-state index in [2.05, 4.69) is 0 Å². The SMILES string of the molecule is N#Cc1sc(C=C(C(=O)O)C(F)(F)F)c(C(F)(F)F)c1C#N. The molecular formula is C11H2F6N2O2S. The molecule has 4 nitrogen and oxygen atoms in total. The van der Waals surface area contributed by atoms with E-state index in [-0.39, 0.29) is 17.4 Å². The smallest absolute Gasteiger partial charge is 0.423 e. The van der Waals surface area contributed by atoms with Crippen molar-refractivity contribution in [2.75, 3.05) is 0 Å². The Kier molecular flexibility index (Phi) is 4.53. The zero-order valence-electron chi connectivity index (χ0n) is 10.0. The summed E-state index contributed by atoms with van der Waals surface area (Å²) in [6.07, 6.45) is -10.9. The fourth-order valence-electron chi connectivity index (χ4n) is 1.41. The lowest BCUT2D eigenvalue weighted by atomic mass is 10.1. The lowest BCUT2D eigenvalue weighted by Gasteiger charge is -2.09. The van der Waals surface area contributed by atoms with Gasteiger partial charge >= 0.3 is 18.3 Å². The first-order valence-electron chi connectivity index (χ1n) is 4.99. The van der Waals surface area contributed by atoms with Crippen LogP contribution < -0.4 is 0 Å². The quantitative estimate of drug-likeness (QED) is 0.659. The van der Waals surface area contributed by atoms with E-state index < -0.39 is 44.8 Å². The lowest BCUT2D eigenvalue weighted by molar-refractivity contribution is -0.144. The molecule has 116 valence electrons. The summed E-state index contributed by atoms with van der Waals surface area (Å²) < 4.78 is 76.1. The van der Waals surface area contributed by atoms with Gasteiger partial charge in [-0.1, -0.05) is 0 Å². The Bertz CT molecular complexity index is 730. The van der Waals surface area contributed by atoms with E-state index in [0.717, 1.165) is 6.07 Å². The van der Waals surface area contributed by atoms with Crippen LogP contribution in [0.3, 0.4) is 0 Å². The topological polar surface area (TPSA) is 84.9 Å². The predicted molar refractivity (Wildman–Crippen MR) is 60.4 cm³/mol. The van der Waals surface area contributed by atoms with E-state index in [0.29, 0.717) is 0 Å². The molecule has 1 heterocycles. The van der Waals surface area contributed by atoms with Crippen molar-refractivity contribution in [2.24, 2.45) is 0 Å². The Morgan fingerprint density at radius 3 is 2.00 bits per heavy atom. The highest BCUT2D eigenvalue weighted by Gasteiger charge is 2.43. The maximum Gasteiger partial charge on any atom is 0.423 e. The normalized spacial score (nSPS) is 12.6. The highest BCUT2D eigenvalue weighted by atomic mass is 32.1. The largest absolute Gasteiger partial charge is 0.478 e. The van der Waals surface area contributed by atoms with Crippen LogP contribution in [-0.4, -0.2) is 17.3 Å². The molecule has 11 heteroatoms. The van der Waals surface area contributed by atoms with E-state index in [4.69, 9.17) is 15.6 Å². The highest BCUT2D eigenvalue weighted by Crippen LogP contribution is 2.42. The molecule has 0 unspecified atom stereocenters. The summed E-state index contributed by atoms with van der Waals surface area (Å²) in [5.41, 5.74) is -5.15. The third-order valence-electron chi connectivity index (χ3n) is 2.24. The van der Waals surface area contributed by atoms with Gasteiger partial charge in [-0.05, 0) is 6.08 Å². The molecule has 1 N–H and O–H groups in total. The molecule has 0 saturated heterocycles. The second-order valence-corrected chi connectivity index (χ2v) is 4.68. The molecule has 0 aromatic carbocycles. The van der Waals surface area contributed by atoms with Gasteiger partial charge in [0, 0.05) is 4.88 Å².